The van der Waals surface area contributed by atoms with Gasteiger partial charge >= 0.3 is 0 Å². The van der Waals surface area contributed by atoms with Gasteiger partial charge in [0.1, 0.15) is 5.82 Å². The number of likely N-dealkylation sites (tertiary alicyclic amines) is 1. The van der Waals surface area contributed by atoms with Gasteiger partial charge in [-0.2, -0.15) is 5.26 Å². The second-order valence-corrected chi connectivity index (χ2v) is 10.9. The number of halogens is 1. The van der Waals surface area contributed by atoms with E-state index in [1.807, 2.05) is 42.2 Å². The van der Waals surface area contributed by atoms with Gasteiger partial charge in [-0.15, -0.1) is 0 Å². The number of aryl methyl sites for hydroxylation is 1. The zero-order chi connectivity index (χ0) is 27.3. The summed E-state index contributed by atoms with van der Waals surface area (Å²) in [5.41, 5.74) is 1.81. The molecule has 1 fully saturated rings. The molecule has 1 heterocycles. The van der Waals surface area contributed by atoms with Crippen molar-refractivity contribution in [3.05, 3.63) is 71.5 Å². The highest BCUT2D eigenvalue weighted by Crippen LogP contribution is 2.26. The SMILES string of the molecule is CC(C)CN(CC(C)O)C(=O)C1CCN(C(C)(C)C)C1.Cc1cccc(F)c1.N#Cc1ccccc1. The number of carbonyl (C=O) groups excluding carboxylic acids is 1. The lowest BCUT2D eigenvalue weighted by atomic mass is 10.0. The maximum absolute atomic E-state index is 12.7. The van der Waals surface area contributed by atoms with E-state index >= 15 is 0 Å². The van der Waals surface area contributed by atoms with E-state index in [1.165, 1.54) is 12.1 Å². The molecule has 5 nitrogen and oxygen atoms in total. The minimum Gasteiger partial charge on any atom is -0.392 e. The molecule has 1 amide bonds. The van der Waals surface area contributed by atoms with E-state index in [4.69, 9.17) is 5.26 Å². The Kier molecular flexibility index (Phi) is 13.4. The standard InChI is InChI=1S/C16H32N2O2.C7H7F.C7H5N/c1-12(2)9-17(10-13(3)19)15(20)14-7-8-18(11-14)16(4,5)6;1-6-3-2-4-7(8)5-6;8-6-7-4-2-1-3-5-7/h12-14,19H,7-11H2,1-6H3;2-5H,1H3;1-5H. The van der Waals surface area contributed by atoms with Gasteiger partial charge < -0.3 is 10.0 Å². The van der Waals surface area contributed by atoms with E-state index in [0.717, 1.165) is 31.6 Å². The topological polar surface area (TPSA) is 67.6 Å². The summed E-state index contributed by atoms with van der Waals surface area (Å²) in [6, 6.07) is 17.7. The minimum absolute atomic E-state index is 0.0896. The predicted molar refractivity (Wildman–Crippen MR) is 145 cm³/mol. The molecule has 2 atom stereocenters. The fraction of sp³-hybridized carbons (Fsp3) is 0.533. The number of amides is 1. The van der Waals surface area contributed by atoms with E-state index in [0.29, 0.717) is 18.0 Å². The average molecular weight is 498 g/mol. The summed E-state index contributed by atoms with van der Waals surface area (Å²) < 4.78 is 12.2. The molecule has 36 heavy (non-hydrogen) atoms. The first-order valence-corrected chi connectivity index (χ1v) is 12.7. The van der Waals surface area contributed by atoms with Crippen LogP contribution < -0.4 is 0 Å². The molecule has 0 bridgehead atoms. The van der Waals surface area contributed by atoms with Crippen molar-refractivity contribution in [3.8, 4) is 6.07 Å². The molecule has 0 spiro atoms. The van der Waals surface area contributed by atoms with Gasteiger partial charge in [-0.1, -0.05) is 44.2 Å². The number of nitriles is 1. The van der Waals surface area contributed by atoms with Crippen LogP contribution in [0.4, 0.5) is 4.39 Å². The predicted octanol–water partition coefficient (Wildman–Crippen LogP) is 5.66. The normalized spacial score (nSPS) is 16.2. The monoisotopic (exact) mass is 497 g/mol. The Morgan fingerprint density at radius 3 is 2.17 bits per heavy atom. The average Bonchev–Trinajstić information content (AvgIpc) is 3.30. The maximum Gasteiger partial charge on any atom is 0.227 e. The molecule has 2 aromatic carbocycles. The van der Waals surface area contributed by atoms with Crippen molar-refractivity contribution in [1.82, 2.24) is 9.80 Å². The van der Waals surface area contributed by atoms with Gasteiger partial charge in [0.15, 0.2) is 0 Å². The van der Waals surface area contributed by atoms with Gasteiger partial charge in [0.2, 0.25) is 5.91 Å². The number of nitrogens with zero attached hydrogens (tertiary/aromatic N) is 3. The molecule has 1 aliphatic heterocycles. The third-order valence-electron chi connectivity index (χ3n) is 5.75. The van der Waals surface area contributed by atoms with Gasteiger partial charge in [-0.3, -0.25) is 9.69 Å². The molecule has 0 saturated carbocycles. The summed E-state index contributed by atoms with van der Waals surface area (Å²) in [5.74, 6) is 0.570. The summed E-state index contributed by atoms with van der Waals surface area (Å²) in [6.45, 7) is 17.4. The molecule has 198 valence electrons. The molecule has 3 rings (SSSR count). The molecule has 2 aromatic rings. The zero-order valence-electron chi connectivity index (χ0n) is 23.0. The zero-order valence-corrected chi connectivity index (χ0v) is 23.0. The summed E-state index contributed by atoms with van der Waals surface area (Å²) >= 11 is 0. The Bertz CT molecular complexity index is 921. The van der Waals surface area contributed by atoms with Crippen LogP contribution in [0.3, 0.4) is 0 Å². The Balaban J connectivity index is 0.000000328. The number of aliphatic hydroxyl groups is 1. The number of rotatable bonds is 5. The summed E-state index contributed by atoms with van der Waals surface area (Å²) in [7, 11) is 0. The lowest BCUT2D eigenvalue weighted by molar-refractivity contribution is -0.137. The highest BCUT2D eigenvalue weighted by atomic mass is 19.1. The van der Waals surface area contributed by atoms with E-state index in [-0.39, 0.29) is 23.2 Å². The van der Waals surface area contributed by atoms with Crippen molar-refractivity contribution in [1.29, 1.82) is 5.26 Å². The van der Waals surface area contributed by atoms with Crippen LogP contribution in [-0.2, 0) is 4.79 Å². The van der Waals surface area contributed by atoms with Crippen LogP contribution in [0.5, 0.6) is 0 Å². The minimum atomic E-state index is -0.460. The van der Waals surface area contributed by atoms with E-state index in [9.17, 15) is 14.3 Å². The molecule has 1 saturated heterocycles. The summed E-state index contributed by atoms with van der Waals surface area (Å²) in [5, 5.41) is 17.9. The van der Waals surface area contributed by atoms with Gasteiger partial charge in [0.05, 0.1) is 23.7 Å². The maximum atomic E-state index is 12.7. The smallest absolute Gasteiger partial charge is 0.227 e. The molecule has 0 aliphatic carbocycles. The number of carbonyl (C=O) groups is 1. The number of hydrogen-bond donors (Lipinski definition) is 1. The quantitative estimate of drug-likeness (QED) is 0.578. The van der Waals surface area contributed by atoms with Crippen LogP contribution in [0.25, 0.3) is 0 Å². The van der Waals surface area contributed by atoms with Crippen LogP contribution in [0.15, 0.2) is 54.6 Å². The Morgan fingerprint density at radius 2 is 1.78 bits per heavy atom. The number of hydrogen-bond acceptors (Lipinski definition) is 4. The molecule has 0 radical (unpaired) electrons. The molecule has 6 heteroatoms. The Labute approximate surface area is 217 Å². The molecule has 0 aromatic heterocycles. The fourth-order valence-electron chi connectivity index (χ4n) is 3.96. The second kappa shape index (κ2) is 15.4. The third kappa shape index (κ3) is 12.3. The van der Waals surface area contributed by atoms with Crippen LogP contribution >= 0.6 is 0 Å². The van der Waals surface area contributed by atoms with Crippen LogP contribution in [0.2, 0.25) is 0 Å². The summed E-state index contributed by atoms with van der Waals surface area (Å²) in [4.78, 5) is 16.9. The van der Waals surface area contributed by atoms with Crippen molar-refractivity contribution < 1.29 is 14.3 Å². The van der Waals surface area contributed by atoms with Crippen LogP contribution in [0, 0.1) is 35.9 Å². The highest BCUT2D eigenvalue weighted by Gasteiger charge is 2.36. The molecular weight excluding hydrogens is 453 g/mol. The second-order valence-electron chi connectivity index (χ2n) is 10.9. The van der Waals surface area contributed by atoms with E-state index in [2.05, 4.69) is 39.5 Å². The van der Waals surface area contributed by atoms with Crippen molar-refractivity contribution in [2.24, 2.45) is 11.8 Å². The van der Waals surface area contributed by atoms with Gasteiger partial charge in [0.25, 0.3) is 0 Å². The van der Waals surface area contributed by atoms with Crippen molar-refractivity contribution in [2.75, 3.05) is 26.2 Å². The molecular formula is C30H44FN3O2. The lowest BCUT2D eigenvalue weighted by Gasteiger charge is -2.32. The third-order valence-corrected chi connectivity index (χ3v) is 5.75. The van der Waals surface area contributed by atoms with Gasteiger partial charge in [0, 0.05) is 25.2 Å². The highest BCUT2D eigenvalue weighted by molar-refractivity contribution is 5.79. The largest absolute Gasteiger partial charge is 0.392 e. The molecule has 1 aliphatic rings. The van der Waals surface area contributed by atoms with Crippen molar-refractivity contribution in [3.63, 3.8) is 0 Å². The molecule has 1 N–H and O–H groups in total. The van der Waals surface area contributed by atoms with Crippen LogP contribution in [-0.4, -0.2) is 58.6 Å². The lowest BCUT2D eigenvalue weighted by Crippen LogP contribution is -2.44. The first kappa shape index (κ1) is 31.3. The Hall–Kier alpha value is -2.75. The van der Waals surface area contributed by atoms with Crippen molar-refractivity contribution in [2.45, 2.75) is 66.5 Å². The van der Waals surface area contributed by atoms with E-state index in [1.54, 1.807) is 25.1 Å². The fourth-order valence-corrected chi connectivity index (χ4v) is 3.96. The number of aliphatic hydroxyl groups excluding tert-OH is 1. The Morgan fingerprint density at radius 1 is 1.14 bits per heavy atom. The summed E-state index contributed by atoms with van der Waals surface area (Å²) in [6.07, 6.45) is 0.475. The van der Waals surface area contributed by atoms with E-state index < -0.39 is 6.10 Å². The number of benzene rings is 2. The van der Waals surface area contributed by atoms with Crippen molar-refractivity contribution >= 4 is 5.91 Å². The first-order valence-electron chi connectivity index (χ1n) is 12.7. The van der Waals surface area contributed by atoms with Gasteiger partial charge in [-0.05, 0) is 83.3 Å². The molecule has 2 unspecified atom stereocenters. The van der Waals surface area contributed by atoms with Crippen LogP contribution in [0.1, 0.15) is 59.1 Å². The van der Waals surface area contributed by atoms with Gasteiger partial charge in [-0.25, -0.2) is 4.39 Å². The first-order chi connectivity index (χ1) is 16.8.